The molecule has 4 aromatic rings. The molecule has 0 amide bonds. The summed E-state index contributed by atoms with van der Waals surface area (Å²) in [5.41, 5.74) is 3.11. The van der Waals surface area contributed by atoms with Crippen molar-refractivity contribution < 1.29 is 0 Å². The van der Waals surface area contributed by atoms with E-state index in [4.69, 9.17) is 0 Å². The molecule has 26 heavy (non-hydrogen) atoms. The van der Waals surface area contributed by atoms with Crippen LogP contribution < -0.4 is 5.32 Å². The highest BCUT2D eigenvalue weighted by Crippen LogP contribution is 2.25. The quantitative estimate of drug-likeness (QED) is 0.552. The minimum Gasteiger partial charge on any atom is -0.300 e. The van der Waals surface area contributed by atoms with Gasteiger partial charge in [0, 0.05) is 30.0 Å². The fraction of sp³-hybridized carbons (Fsp3) is 0.0952. The van der Waals surface area contributed by atoms with Crippen LogP contribution in [0, 0.1) is 0 Å². The lowest BCUT2D eigenvalue weighted by atomic mass is 10.0. The Kier molecular flexibility index (Phi) is 5.09. The Hall–Kier alpha value is -2.89. The number of thiazole rings is 1. The second-order valence-electron chi connectivity index (χ2n) is 5.83. The first kappa shape index (κ1) is 16.6. The third-order valence-corrected chi connectivity index (χ3v) is 5.05. The standard InChI is InChI=1S/C21H18N4S/c1-2-8-16(9-3-1)20(18-10-4-6-12-22-18)24-14-17-15-25-21(26-17)19-11-5-7-13-23-19/h1-13,15,20,24H,14H2. The van der Waals surface area contributed by atoms with Gasteiger partial charge in [-0.2, -0.15) is 0 Å². The number of nitrogens with one attached hydrogen (secondary N) is 1. The summed E-state index contributed by atoms with van der Waals surface area (Å²) in [7, 11) is 0. The molecule has 128 valence electrons. The SMILES string of the molecule is c1ccc(C(NCc2cnc(-c3ccccn3)s2)c2ccccn2)cc1. The first-order valence-electron chi connectivity index (χ1n) is 8.45. The van der Waals surface area contributed by atoms with E-state index in [1.165, 1.54) is 10.4 Å². The van der Waals surface area contributed by atoms with Crippen molar-refractivity contribution in [3.05, 3.63) is 101 Å². The van der Waals surface area contributed by atoms with Crippen molar-refractivity contribution in [3.8, 4) is 10.7 Å². The third-order valence-electron chi connectivity index (χ3n) is 4.03. The summed E-state index contributed by atoms with van der Waals surface area (Å²) in [5.74, 6) is 0. The maximum atomic E-state index is 4.54. The van der Waals surface area contributed by atoms with Crippen LogP contribution in [0.4, 0.5) is 0 Å². The monoisotopic (exact) mass is 358 g/mol. The zero-order chi connectivity index (χ0) is 17.6. The number of benzene rings is 1. The molecule has 0 saturated heterocycles. The van der Waals surface area contributed by atoms with E-state index in [9.17, 15) is 0 Å². The van der Waals surface area contributed by atoms with Crippen LogP contribution in [-0.4, -0.2) is 15.0 Å². The fourth-order valence-corrected chi connectivity index (χ4v) is 3.62. The van der Waals surface area contributed by atoms with Crippen molar-refractivity contribution >= 4 is 11.3 Å². The summed E-state index contributed by atoms with van der Waals surface area (Å²) in [6.45, 7) is 0.723. The summed E-state index contributed by atoms with van der Waals surface area (Å²) in [6, 6.07) is 22.3. The van der Waals surface area contributed by atoms with Gasteiger partial charge in [0.25, 0.3) is 0 Å². The van der Waals surface area contributed by atoms with Gasteiger partial charge in [-0.25, -0.2) is 4.98 Å². The van der Waals surface area contributed by atoms with Crippen LogP contribution in [0.25, 0.3) is 10.7 Å². The van der Waals surface area contributed by atoms with Crippen LogP contribution in [0.2, 0.25) is 0 Å². The number of nitrogens with zero attached hydrogens (tertiary/aromatic N) is 3. The lowest BCUT2D eigenvalue weighted by Gasteiger charge is -2.18. The topological polar surface area (TPSA) is 50.7 Å². The molecule has 0 aliphatic carbocycles. The van der Waals surface area contributed by atoms with Gasteiger partial charge in [-0.3, -0.25) is 15.3 Å². The molecule has 0 radical (unpaired) electrons. The molecular weight excluding hydrogens is 340 g/mol. The van der Waals surface area contributed by atoms with Crippen molar-refractivity contribution in [2.45, 2.75) is 12.6 Å². The van der Waals surface area contributed by atoms with Crippen molar-refractivity contribution in [2.24, 2.45) is 0 Å². The van der Waals surface area contributed by atoms with Crippen LogP contribution in [-0.2, 0) is 6.54 Å². The maximum absolute atomic E-state index is 4.54. The molecule has 4 rings (SSSR count). The van der Waals surface area contributed by atoms with Crippen LogP contribution in [0.15, 0.2) is 85.3 Å². The average Bonchev–Trinajstić information content (AvgIpc) is 3.20. The molecule has 0 bridgehead atoms. The predicted octanol–water partition coefficient (Wildman–Crippen LogP) is 4.48. The zero-order valence-corrected chi connectivity index (χ0v) is 14.9. The summed E-state index contributed by atoms with van der Waals surface area (Å²) in [4.78, 5) is 14.6. The number of hydrogen-bond donors (Lipinski definition) is 1. The lowest BCUT2D eigenvalue weighted by molar-refractivity contribution is 0.596. The number of hydrogen-bond acceptors (Lipinski definition) is 5. The molecule has 0 fully saturated rings. The van der Waals surface area contributed by atoms with Crippen LogP contribution >= 0.6 is 11.3 Å². The van der Waals surface area contributed by atoms with Crippen molar-refractivity contribution in [1.82, 2.24) is 20.3 Å². The molecule has 1 aromatic carbocycles. The molecular formula is C21H18N4S. The molecule has 4 nitrogen and oxygen atoms in total. The van der Waals surface area contributed by atoms with Gasteiger partial charge in [-0.05, 0) is 29.8 Å². The highest BCUT2D eigenvalue weighted by molar-refractivity contribution is 7.14. The van der Waals surface area contributed by atoms with Gasteiger partial charge < -0.3 is 0 Å². The molecule has 3 heterocycles. The van der Waals surface area contributed by atoms with Gasteiger partial charge in [-0.15, -0.1) is 11.3 Å². The van der Waals surface area contributed by atoms with E-state index in [-0.39, 0.29) is 6.04 Å². The summed E-state index contributed by atoms with van der Waals surface area (Å²) >= 11 is 1.66. The smallest absolute Gasteiger partial charge is 0.142 e. The second kappa shape index (κ2) is 7.99. The lowest BCUT2D eigenvalue weighted by Crippen LogP contribution is -2.22. The highest BCUT2D eigenvalue weighted by atomic mass is 32.1. The minimum absolute atomic E-state index is 0.0396. The zero-order valence-electron chi connectivity index (χ0n) is 14.1. The maximum Gasteiger partial charge on any atom is 0.142 e. The molecule has 3 aromatic heterocycles. The molecule has 1 unspecified atom stereocenters. The first-order chi connectivity index (χ1) is 12.9. The molecule has 5 heteroatoms. The van der Waals surface area contributed by atoms with Crippen LogP contribution in [0.5, 0.6) is 0 Å². The molecule has 0 aliphatic heterocycles. The Morgan fingerprint density at radius 3 is 2.31 bits per heavy atom. The molecule has 1 N–H and O–H groups in total. The Morgan fingerprint density at radius 2 is 1.58 bits per heavy atom. The number of rotatable bonds is 6. The molecule has 0 spiro atoms. The second-order valence-corrected chi connectivity index (χ2v) is 6.94. The Balaban J connectivity index is 1.53. The third kappa shape index (κ3) is 3.85. The van der Waals surface area contributed by atoms with Crippen molar-refractivity contribution in [3.63, 3.8) is 0 Å². The van der Waals surface area contributed by atoms with Gasteiger partial charge in [0.2, 0.25) is 0 Å². The molecule has 1 atom stereocenters. The van der Waals surface area contributed by atoms with Crippen molar-refractivity contribution in [2.75, 3.05) is 0 Å². The summed E-state index contributed by atoms with van der Waals surface area (Å²) in [6.07, 6.45) is 5.54. The van der Waals surface area contributed by atoms with E-state index in [0.717, 1.165) is 22.9 Å². The van der Waals surface area contributed by atoms with E-state index in [0.29, 0.717) is 0 Å². The fourth-order valence-electron chi connectivity index (χ4n) is 2.78. The van der Waals surface area contributed by atoms with Gasteiger partial charge in [0.15, 0.2) is 0 Å². The van der Waals surface area contributed by atoms with Crippen LogP contribution in [0.3, 0.4) is 0 Å². The summed E-state index contributed by atoms with van der Waals surface area (Å²) < 4.78 is 0. The summed E-state index contributed by atoms with van der Waals surface area (Å²) in [5, 5.41) is 4.56. The normalized spacial score (nSPS) is 12.0. The average molecular weight is 358 g/mol. The van der Waals surface area contributed by atoms with E-state index >= 15 is 0 Å². The largest absolute Gasteiger partial charge is 0.300 e. The Labute approximate surface area is 156 Å². The van der Waals surface area contributed by atoms with E-state index in [2.05, 4.69) is 50.6 Å². The van der Waals surface area contributed by atoms with Crippen molar-refractivity contribution in [1.29, 1.82) is 0 Å². The van der Waals surface area contributed by atoms with E-state index in [1.54, 1.807) is 17.5 Å². The minimum atomic E-state index is 0.0396. The number of pyridine rings is 2. The number of aromatic nitrogens is 3. The molecule has 0 aliphatic rings. The van der Waals surface area contributed by atoms with Gasteiger partial charge >= 0.3 is 0 Å². The van der Waals surface area contributed by atoms with Gasteiger partial charge in [0.05, 0.1) is 17.4 Å². The van der Waals surface area contributed by atoms with Gasteiger partial charge in [-0.1, -0.05) is 42.5 Å². The van der Waals surface area contributed by atoms with E-state index in [1.807, 2.05) is 48.8 Å². The van der Waals surface area contributed by atoms with E-state index < -0.39 is 0 Å². The molecule has 0 saturated carbocycles. The first-order valence-corrected chi connectivity index (χ1v) is 9.27. The van der Waals surface area contributed by atoms with Gasteiger partial charge in [0.1, 0.15) is 5.01 Å². The Morgan fingerprint density at radius 1 is 0.808 bits per heavy atom. The van der Waals surface area contributed by atoms with Crippen LogP contribution in [0.1, 0.15) is 22.2 Å². The highest BCUT2D eigenvalue weighted by Gasteiger charge is 2.15. The predicted molar refractivity (Wildman–Crippen MR) is 105 cm³/mol. The Bertz CT molecular complexity index is 900.